The standard InChI is InChI=1S/C12H11BrF3N3/c1-19-11(9(13)6-18-19)10(17)7-4-2-3-5-8(7)12(14,15)16/h2-6,10H,17H2,1H3. The monoisotopic (exact) mass is 333 g/mol. The number of aryl methyl sites for hydroxylation is 1. The largest absolute Gasteiger partial charge is 0.416 e. The lowest BCUT2D eigenvalue weighted by atomic mass is 9.98. The molecule has 0 aliphatic carbocycles. The molecule has 0 aliphatic rings. The first-order valence-electron chi connectivity index (χ1n) is 5.41. The molecule has 2 rings (SSSR count). The fourth-order valence-corrected chi connectivity index (χ4v) is 2.54. The van der Waals surface area contributed by atoms with Crippen molar-refractivity contribution in [3.8, 4) is 0 Å². The van der Waals surface area contributed by atoms with Crippen LogP contribution in [0, 0.1) is 0 Å². The first kappa shape index (κ1) is 14.1. The lowest BCUT2D eigenvalue weighted by Gasteiger charge is -2.19. The third-order valence-corrected chi connectivity index (χ3v) is 3.44. The molecule has 102 valence electrons. The number of benzene rings is 1. The molecule has 0 spiro atoms. The average molecular weight is 334 g/mol. The van der Waals surface area contributed by atoms with Gasteiger partial charge in [-0.15, -0.1) is 0 Å². The van der Waals surface area contributed by atoms with Gasteiger partial charge in [-0.1, -0.05) is 18.2 Å². The third-order valence-electron chi connectivity index (χ3n) is 2.83. The summed E-state index contributed by atoms with van der Waals surface area (Å²) in [5.41, 5.74) is 5.77. The predicted molar refractivity (Wildman–Crippen MR) is 68.4 cm³/mol. The Kier molecular flexibility index (Phi) is 3.69. The molecule has 0 radical (unpaired) electrons. The van der Waals surface area contributed by atoms with E-state index >= 15 is 0 Å². The molecule has 2 N–H and O–H groups in total. The molecule has 0 bridgehead atoms. The third kappa shape index (κ3) is 2.66. The highest BCUT2D eigenvalue weighted by molar-refractivity contribution is 9.10. The number of halogens is 4. The average Bonchev–Trinajstić information content (AvgIpc) is 2.67. The van der Waals surface area contributed by atoms with Gasteiger partial charge in [0.1, 0.15) is 0 Å². The summed E-state index contributed by atoms with van der Waals surface area (Å²) in [5.74, 6) is 0. The van der Waals surface area contributed by atoms with Crippen molar-refractivity contribution in [2.75, 3.05) is 0 Å². The van der Waals surface area contributed by atoms with Crippen molar-refractivity contribution in [3.05, 3.63) is 51.8 Å². The van der Waals surface area contributed by atoms with Crippen LogP contribution in [0.1, 0.15) is 22.9 Å². The van der Waals surface area contributed by atoms with E-state index in [1.54, 1.807) is 7.05 Å². The SMILES string of the molecule is Cn1ncc(Br)c1C(N)c1ccccc1C(F)(F)F. The predicted octanol–water partition coefficient (Wildman–Crippen LogP) is 3.25. The van der Waals surface area contributed by atoms with Crippen molar-refractivity contribution in [2.45, 2.75) is 12.2 Å². The fraction of sp³-hybridized carbons (Fsp3) is 0.250. The summed E-state index contributed by atoms with van der Waals surface area (Å²) in [5, 5.41) is 3.96. The van der Waals surface area contributed by atoms with Gasteiger partial charge in [0.15, 0.2) is 0 Å². The molecule has 0 saturated carbocycles. The van der Waals surface area contributed by atoms with E-state index in [0.29, 0.717) is 10.2 Å². The van der Waals surface area contributed by atoms with E-state index in [-0.39, 0.29) is 5.56 Å². The van der Waals surface area contributed by atoms with Gasteiger partial charge in [0.05, 0.1) is 28.0 Å². The molecule has 19 heavy (non-hydrogen) atoms. The second-order valence-electron chi connectivity index (χ2n) is 4.06. The minimum Gasteiger partial charge on any atom is -0.319 e. The zero-order chi connectivity index (χ0) is 14.2. The van der Waals surface area contributed by atoms with Gasteiger partial charge in [0.2, 0.25) is 0 Å². The van der Waals surface area contributed by atoms with E-state index < -0.39 is 17.8 Å². The second kappa shape index (κ2) is 4.97. The van der Waals surface area contributed by atoms with Crippen LogP contribution < -0.4 is 5.73 Å². The molecule has 1 atom stereocenters. The van der Waals surface area contributed by atoms with Crippen molar-refractivity contribution < 1.29 is 13.2 Å². The van der Waals surface area contributed by atoms with Crippen LogP contribution >= 0.6 is 15.9 Å². The summed E-state index contributed by atoms with van der Waals surface area (Å²) in [7, 11) is 1.64. The van der Waals surface area contributed by atoms with Crippen LogP contribution in [0.5, 0.6) is 0 Å². The van der Waals surface area contributed by atoms with Crippen LogP contribution in [0.2, 0.25) is 0 Å². The normalized spacial score (nSPS) is 13.6. The molecular formula is C12H11BrF3N3. The Hall–Kier alpha value is -1.34. The maximum Gasteiger partial charge on any atom is 0.416 e. The number of aromatic nitrogens is 2. The molecule has 7 heteroatoms. The van der Waals surface area contributed by atoms with Gasteiger partial charge >= 0.3 is 6.18 Å². The molecule has 1 aromatic heterocycles. The molecule has 1 heterocycles. The first-order valence-corrected chi connectivity index (χ1v) is 6.20. The molecule has 0 saturated heterocycles. The summed E-state index contributed by atoms with van der Waals surface area (Å²) in [4.78, 5) is 0. The molecule has 2 aromatic rings. The summed E-state index contributed by atoms with van der Waals surface area (Å²) >= 11 is 3.25. The Morgan fingerprint density at radius 2 is 1.95 bits per heavy atom. The first-order chi connectivity index (χ1) is 8.82. The van der Waals surface area contributed by atoms with Crippen molar-refractivity contribution in [1.82, 2.24) is 9.78 Å². The molecule has 0 aliphatic heterocycles. The lowest BCUT2D eigenvalue weighted by molar-refractivity contribution is -0.138. The zero-order valence-corrected chi connectivity index (χ0v) is 11.5. The van der Waals surface area contributed by atoms with Crippen LogP contribution in [-0.4, -0.2) is 9.78 Å². The summed E-state index contributed by atoms with van der Waals surface area (Å²) in [6.45, 7) is 0. The summed E-state index contributed by atoms with van der Waals surface area (Å²) in [6, 6.07) is 4.39. The molecule has 0 fully saturated rings. The van der Waals surface area contributed by atoms with Gasteiger partial charge < -0.3 is 5.73 Å². The highest BCUT2D eigenvalue weighted by atomic mass is 79.9. The highest BCUT2D eigenvalue weighted by Crippen LogP contribution is 2.36. The highest BCUT2D eigenvalue weighted by Gasteiger charge is 2.35. The van der Waals surface area contributed by atoms with Crippen molar-refractivity contribution >= 4 is 15.9 Å². The van der Waals surface area contributed by atoms with E-state index in [1.807, 2.05) is 0 Å². The maximum atomic E-state index is 13.0. The number of nitrogens with two attached hydrogens (primary N) is 1. The molecule has 1 unspecified atom stereocenters. The quantitative estimate of drug-likeness (QED) is 0.916. The minimum atomic E-state index is -4.43. The summed E-state index contributed by atoms with van der Waals surface area (Å²) < 4.78 is 40.9. The van der Waals surface area contributed by atoms with Crippen LogP contribution in [0.25, 0.3) is 0 Å². The fourth-order valence-electron chi connectivity index (χ4n) is 1.94. The van der Waals surface area contributed by atoms with Crippen LogP contribution in [0.3, 0.4) is 0 Å². The topological polar surface area (TPSA) is 43.8 Å². The molecule has 1 aromatic carbocycles. The smallest absolute Gasteiger partial charge is 0.319 e. The Bertz CT molecular complexity index is 573. The lowest BCUT2D eigenvalue weighted by Crippen LogP contribution is -2.21. The number of hydrogen-bond donors (Lipinski definition) is 1. The number of alkyl halides is 3. The minimum absolute atomic E-state index is 0.0271. The van der Waals surface area contributed by atoms with E-state index in [9.17, 15) is 13.2 Å². The Labute approximate surface area is 116 Å². The van der Waals surface area contributed by atoms with E-state index in [2.05, 4.69) is 21.0 Å². The molecular weight excluding hydrogens is 323 g/mol. The Morgan fingerprint density at radius 1 is 1.32 bits per heavy atom. The van der Waals surface area contributed by atoms with Crippen LogP contribution in [-0.2, 0) is 13.2 Å². The van der Waals surface area contributed by atoms with Gasteiger partial charge in [-0.3, -0.25) is 4.68 Å². The van der Waals surface area contributed by atoms with Gasteiger partial charge in [0, 0.05) is 7.05 Å². The Balaban J connectivity index is 2.54. The van der Waals surface area contributed by atoms with Gasteiger partial charge in [-0.2, -0.15) is 18.3 Å². The zero-order valence-electron chi connectivity index (χ0n) is 9.95. The van der Waals surface area contributed by atoms with E-state index in [0.717, 1.165) is 6.07 Å². The number of nitrogens with zero attached hydrogens (tertiary/aromatic N) is 2. The van der Waals surface area contributed by atoms with Crippen molar-refractivity contribution in [2.24, 2.45) is 12.8 Å². The Morgan fingerprint density at radius 3 is 2.47 bits per heavy atom. The maximum absolute atomic E-state index is 13.0. The van der Waals surface area contributed by atoms with Crippen molar-refractivity contribution in [1.29, 1.82) is 0 Å². The van der Waals surface area contributed by atoms with Gasteiger partial charge in [-0.05, 0) is 27.6 Å². The number of hydrogen-bond acceptors (Lipinski definition) is 2. The second-order valence-corrected chi connectivity index (χ2v) is 4.92. The number of rotatable bonds is 2. The van der Waals surface area contributed by atoms with E-state index in [1.165, 1.54) is 29.1 Å². The van der Waals surface area contributed by atoms with Gasteiger partial charge in [-0.25, -0.2) is 0 Å². The van der Waals surface area contributed by atoms with Gasteiger partial charge in [0.25, 0.3) is 0 Å². The molecule has 3 nitrogen and oxygen atoms in total. The molecule has 0 amide bonds. The van der Waals surface area contributed by atoms with Crippen LogP contribution in [0.15, 0.2) is 34.9 Å². The van der Waals surface area contributed by atoms with E-state index in [4.69, 9.17) is 5.73 Å². The van der Waals surface area contributed by atoms with Crippen LogP contribution in [0.4, 0.5) is 13.2 Å². The van der Waals surface area contributed by atoms with Crippen molar-refractivity contribution in [3.63, 3.8) is 0 Å². The summed E-state index contributed by atoms with van der Waals surface area (Å²) in [6.07, 6.45) is -2.93.